The van der Waals surface area contributed by atoms with Crippen molar-refractivity contribution in [1.82, 2.24) is 10.2 Å². The van der Waals surface area contributed by atoms with E-state index >= 15 is 0 Å². The van der Waals surface area contributed by atoms with Gasteiger partial charge in [-0.2, -0.15) is 0 Å². The van der Waals surface area contributed by atoms with Crippen LogP contribution in [-0.4, -0.2) is 50.5 Å². The maximum atomic E-state index is 13.9. The Kier molecular flexibility index (Phi) is 11.5. The second kappa shape index (κ2) is 14.6. The highest BCUT2D eigenvalue weighted by molar-refractivity contribution is 7.98. The number of amides is 2. The van der Waals surface area contributed by atoms with Gasteiger partial charge in [-0.05, 0) is 80.6 Å². The molecule has 0 aliphatic rings. The number of carbonyl (C=O) groups excluding carboxylic acids is 2. The van der Waals surface area contributed by atoms with Crippen LogP contribution in [0.15, 0.2) is 82.6 Å². The van der Waals surface area contributed by atoms with Crippen molar-refractivity contribution in [2.75, 3.05) is 23.7 Å². The summed E-state index contributed by atoms with van der Waals surface area (Å²) in [6.45, 7) is 5.68. The normalized spacial score (nSPS) is 12.0. The van der Waals surface area contributed by atoms with Gasteiger partial charge < -0.3 is 10.2 Å². The number of unbranched alkanes of at least 4 members (excludes halogenated alkanes) is 1. The predicted molar refractivity (Wildman–Crippen MR) is 163 cm³/mol. The SMILES string of the molecule is CCCCNC(=O)[C@H](C)N(Cc1cccc(Cl)c1)C(=O)CN(c1ccc(C)cc1)S(=O)(=O)c1ccc(SC)cc1. The van der Waals surface area contributed by atoms with Crippen molar-refractivity contribution < 1.29 is 18.0 Å². The Morgan fingerprint density at radius 2 is 1.70 bits per heavy atom. The van der Waals surface area contributed by atoms with Gasteiger partial charge in [0.2, 0.25) is 11.8 Å². The van der Waals surface area contributed by atoms with Crippen molar-refractivity contribution in [2.45, 2.75) is 56.0 Å². The molecule has 0 heterocycles. The number of hydrogen-bond donors (Lipinski definition) is 1. The number of nitrogens with zero attached hydrogens (tertiary/aromatic N) is 2. The molecule has 1 N–H and O–H groups in total. The third kappa shape index (κ3) is 8.25. The van der Waals surface area contributed by atoms with Crippen molar-refractivity contribution >= 4 is 50.9 Å². The Balaban J connectivity index is 2.00. The van der Waals surface area contributed by atoms with E-state index in [4.69, 9.17) is 11.6 Å². The Morgan fingerprint density at radius 3 is 2.30 bits per heavy atom. The van der Waals surface area contributed by atoms with E-state index in [9.17, 15) is 18.0 Å². The van der Waals surface area contributed by atoms with Gasteiger partial charge in [-0.3, -0.25) is 13.9 Å². The fraction of sp³-hybridized carbons (Fsp3) is 0.333. The smallest absolute Gasteiger partial charge is 0.264 e. The average Bonchev–Trinajstić information content (AvgIpc) is 2.94. The first-order valence-corrected chi connectivity index (χ1v) is 16.2. The van der Waals surface area contributed by atoms with Crippen LogP contribution in [0.1, 0.15) is 37.8 Å². The first kappa shape index (κ1) is 31.5. The lowest BCUT2D eigenvalue weighted by Gasteiger charge is -2.32. The van der Waals surface area contributed by atoms with Gasteiger partial charge in [0.05, 0.1) is 10.6 Å². The van der Waals surface area contributed by atoms with E-state index in [0.717, 1.165) is 33.2 Å². The first-order chi connectivity index (χ1) is 19.1. The van der Waals surface area contributed by atoms with Crippen LogP contribution in [0.3, 0.4) is 0 Å². The van der Waals surface area contributed by atoms with Crippen molar-refractivity contribution in [3.8, 4) is 0 Å². The molecule has 7 nitrogen and oxygen atoms in total. The summed E-state index contributed by atoms with van der Waals surface area (Å²) < 4.78 is 28.9. The molecule has 3 aromatic carbocycles. The highest BCUT2D eigenvalue weighted by atomic mass is 35.5. The van der Waals surface area contributed by atoms with Crippen LogP contribution < -0.4 is 9.62 Å². The molecule has 0 fully saturated rings. The van der Waals surface area contributed by atoms with Crippen LogP contribution in [0.5, 0.6) is 0 Å². The molecule has 2 amide bonds. The number of benzene rings is 3. The standard InChI is InChI=1S/C30H36ClN3O4S2/c1-5-6-18-32-30(36)23(3)33(20-24-8-7-9-25(31)19-24)29(35)21-34(26-12-10-22(2)11-13-26)40(37,38)28-16-14-27(39-4)15-17-28/h7-17,19,23H,5-6,18,20-21H2,1-4H3,(H,32,36)/t23-/m0/s1. The van der Waals surface area contributed by atoms with E-state index in [-0.39, 0.29) is 17.3 Å². The summed E-state index contributed by atoms with van der Waals surface area (Å²) in [5.41, 5.74) is 2.04. The van der Waals surface area contributed by atoms with Crippen LogP contribution in [-0.2, 0) is 26.2 Å². The third-order valence-electron chi connectivity index (χ3n) is 6.49. The molecular formula is C30H36ClN3O4S2. The number of nitrogens with one attached hydrogen (secondary N) is 1. The van der Waals surface area contributed by atoms with Crippen molar-refractivity contribution in [2.24, 2.45) is 0 Å². The van der Waals surface area contributed by atoms with Crippen molar-refractivity contribution in [3.05, 3.63) is 88.9 Å². The monoisotopic (exact) mass is 601 g/mol. The maximum Gasteiger partial charge on any atom is 0.264 e. The molecule has 0 saturated carbocycles. The van der Waals surface area contributed by atoms with E-state index < -0.39 is 28.5 Å². The highest BCUT2D eigenvalue weighted by Crippen LogP contribution is 2.26. The van der Waals surface area contributed by atoms with Crippen LogP contribution in [0, 0.1) is 6.92 Å². The molecular weight excluding hydrogens is 566 g/mol. The molecule has 10 heteroatoms. The molecule has 1 atom stereocenters. The van der Waals surface area contributed by atoms with Gasteiger partial charge in [-0.25, -0.2) is 8.42 Å². The van der Waals surface area contributed by atoms with Crippen LogP contribution in [0.25, 0.3) is 0 Å². The zero-order valence-electron chi connectivity index (χ0n) is 23.3. The topological polar surface area (TPSA) is 86.8 Å². The number of hydrogen-bond acceptors (Lipinski definition) is 5. The second-order valence-electron chi connectivity index (χ2n) is 9.49. The minimum atomic E-state index is -4.11. The van der Waals surface area contributed by atoms with Gasteiger partial charge in [0.25, 0.3) is 10.0 Å². The van der Waals surface area contributed by atoms with E-state index in [2.05, 4.69) is 5.32 Å². The zero-order valence-corrected chi connectivity index (χ0v) is 25.7. The number of anilines is 1. The van der Waals surface area contributed by atoms with Crippen molar-refractivity contribution in [3.63, 3.8) is 0 Å². The quantitative estimate of drug-likeness (QED) is 0.195. The maximum absolute atomic E-state index is 13.9. The third-order valence-corrected chi connectivity index (χ3v) is 9.25. The summed E-state index contributed by atoms with van der Waals surface area (Å²) >= 11 is 7.70. The second-order valence-corrected chi connectivity index (χ2v) is 12.7. The van der Waals surface area contributed by atoms with Gasteiger partial charge in [-0.1, -0.05) is 54.8 Å². The fourth-order valence-electron chi connectivity index (χ4n) is 4.07. The molecule has 0 unspecified atom stereocenters. The molecule has 3 aromatic rings. The van der Waals surface area contributed by atoms with E-state index in [1.807, 2.05) is 26.2 Å². The fourth-order valence-corrected chi connectivity index (χ4v) is 6.10. The molecule has 0 aromatic heterocycles. The summed E-state index contributed by atoms with van der Waals surface area (Å²) in [5.74, 6) is -0.816. The van der Waals surface area contributed by atoms with Crippen LogP contribution >= 0.6 is 23.4 Å². The van der Waals surface area contributed by atoms with Crippen LogP contribution in [0.4, 0.5) is 5.69 Å². The number of thioether (sulfide) groups is 1. The zero-order chi connectivity index (χ0) is 29.3. The molecule has 0 bridgehead atoms. The van der Waals surface area contributed by atoms with E-state index in [0.29, 0.717) is 17.3 Å². The van der Waals surface area contributed by atoms with Gasteiger partial charge >= 0.3 is 0 Å². The lowest BCUT2D eigenvalue weighted by Crippen LogP contribution is -2.51. The van der Waals surface area contributed by atoms with Crippen LogP contribution in [0.2, 0.25) is 5.02 Å². The summed E-state index contributed by atoms with van der Waals surface area (Å²) in [7, 11) is -4.11. The van der Waals surface area contributed by atoms with Crippen molar-refractivity contribution in [1.29, 1.82) is 0 Å². The Hall–Kier alpha value is -3.01. The number of halogens is 1. The molecule has 0 aliphatic heterocycles. The number of aryl methyl sites for hydroxylation is 1. The first-order valence-electron chi connectivity index (χ1n) is 13.1. The molecule has 0 radical (unpaired) electrons. The van der Waals surface area contributed by atoms with Gasteiger partial charge in [-0.15, -0.1) is 11.8 Å². The summed E-state index contributed by atoms with van der Waals surface area (Å²) in [4.78, 5) is 29.4. The van der Waals surface area contributed by atoms with Gasteiger partial charge in [0.15, 0.2) is 0 Å². The Morgan fingerprint density at radius 1 is 1.02 bits per heavy atom. The van der Waals surface area contributed by atoms with E-state index in [1.165, 1.54) is 16.7 Å². The van der Waals surface area contributed by atoms with E-state index in [1.54, 1.807) is 73.7 Å². The molecule has 3 rings (SSSR count). The molecule has 214 valence electrons. The Labute approximate surface area is 247 Å². The number of sulfonamides is 1. The van der Waals surface area contributed by atoms with Gasteiger partial charge in [0, 0.05) is 23.0 Å². The van der Waals surface area contributed by atoms with Gasteiger partial charge in [0.1, 0.15) is 12.6 Å². The molecule has 0 aliphatic carbocycles. The Bertz CT molecular complexity index is 1400. The molecule has 40 heavy (non-hydrogen) atoms. The summed E-state index contributed by atoms with van der Waals surface area (Å²) in [6, 6.07) is 19.7. The summed E-state index contributed by atoms with van der Waals surface area (Å²) in [6.07, 6.45) is 3.64. The minimum Gasteiger partial charge on any atom is -0.354 e. The number of rotatable bonds is 13. The average molecular weight is 602 g/mol. The minimum absolute atomic E-state index is 0.0745. The molecule has 0 saturated heterocycles. The summed E-state index contributed by atoms with van der Waals surface area (Å²) in [5, 5.41) is 3.38. The lowest BCUT2D eigenvalue weighted by molar-refractivity contribution is -0.139. The largest absolute Gasteiger partial charge is 0.354 e. The number of carbonyl (C=O) groups is 2. The lowest BCUT2D eigenvalue weighted by atomic mass is 10.1. The predicted octanol–water partition coefficient (Wildman–Crippen LogP) is 5.90. The molecule has 0 spiro atoms. The highest BCUT2D eigenvalue weighted by Gasteiger charge is 2.32.